The molecular weight excluding hydrogens is 260 g/mol. The first-order valence-electron chi connectivity index (χ1n) is 7.14. The van der Waals surface area contributed by atoms with Gasteiger partial charge < -0.3 is 19.6 Å². The van der Waals surface area contributed by atoms with Crippen LogP contribution in [0, 0.1) is 5.92 Å². The predicted molar refractivity (Wildman–Crippen MR) is 75.7 cm³/mol. The highest BCUT2D eigenvalue weighted by molar-refractivity contribution is 5.85. The van der Waals surface area contributed by atoms with Gasteiger partial charge in [-0.25, -0.2) is 9.59 Å². The van der Waals surface area contributed by atoms with E-state index in [1.165, 1.54) is 4.90 Å². The molecule has 1 aliphatic rings. The first-order chi connectivity index (χ1) is 9.30. The summed E-state index contributed by atoms with van der Waals surface area (Å²) in [6.45, 7) is 7.41. The topological polar surface area (TPSA) is 70.1 Å². The van der Waals surface area contributed by atoms with Gasteiger partial charge in [-0.3, -0.25) is 0 Å². The first-order valence-corrected chi connectivity index (χ1v) is 7.14. The Kier molecular flexibility index (Phi) is 5.80. The Labute approximate surface area is 120 Å². The van der Waals surface area contributed by atoms with Crippen molar-refractivity contribution in [3.05, 3.63) is 0 Å². The molecule has 6 nitrogen and oxygen atoms in total. The third kappa shape index (κ3) is 3.85. The van der Waals surface area contributed by atoms with E-state index in [4.69, 9.17) is 4.74 Å². The van der Waals surface area contributed by atoms with Gasteiger partial charge >= 0.3 is 12.0 Å². The van der Waals surface area contributed by atoms with Gasteiger partial charge in [-0.2, -0.15) is 0 Å². The van der Waals surface area contributed by atoms with E-state index in [0.717, 1.165) is 26.1 Å². The van der Waals surface area contributed by atoms with Crippen LogP contribution in [0.15, 0.2) is 0 Å². The number of carbonyl (C=O) groups excluding carboxylic acids is 1. The van der Waals surface area contributed by atoms with Gasteiger partial charge in [-0.1, -0.05) is 0 Å². The fourth-order valence-electron chi connectivity index (χ4n) is 2.49. The summed E-state index contributed by atoms with van der Waals surface area (Å²) in [5.74, 6) is -0.559. The lowest BCUT2D eigenvalue weighted by Crippen LogP contribution is -2.56. The highest BCUT2D eigenvalue weighted by Gasteiger charge is 2.38. The number of carboxylic acid groups (broad SMARTS) is 1. The Balaban J connectivity index is 2.67. The molecule has 0 radical (unpaired) electrons. The number of amides is 2. The average molecular weight is 286 g/mol. The molecule has 0 atom stereocenters. The fraction of sp³-hybridized carbons (Fsp3) is 0.857. The molecule has 1 aliphatic heterocycles. The van der Waals surface area contributed by atoms with Crippen LogP contribution < -0.4 is 0 Å². The number of urea groups is 1. The summed E-state index contributed by atoms with van der Waals surface area (Å²) in [4.78, 5) is 26.8. The van der Waals surface area contributed by atoms with E-state index in [1.54, 1.807) is 32.7 Å². The molecular formula is C14H26N2O4. The van der Waals surface area contributed by atoms with Gasteiger partial charge in [0.15, 0.2) is 0 Å². The van der Waals surface area contributed by atoms with Crippen molar-refractivity contribution in [1.29, 1.82) is 0 Å². The van der Waals surface area contributed by atoms with Crippen molar-refractivity contribution >= 4 is 12.0 Å². The second-order valence-electron chi connectivity index (χ2n) is 5.83. The van der Waals surface area contributed by atoms with Gasteiger partial charge in [0.25, 0.3) is 0 Å². The molecule has 20 heavy (non-hydrogen) atoms. The van der Waals surface area contributed by atoms with E-state index in [2.05, 4.69) is 0 Å². The molecule has 2 amide bonds. The smallest absolute Gasteiger partial charge is 0.329 e. The first kappa shape index (κ1) is 16.8. The van der Waals surface area contributed by atoms with Gasteiger partial charge in [0.1, 0.15) is 5.54 Å². The molecule has 0 aromatic heterocycles. The molecule has 1 fully saturated rings. The van der Waals surface area contributed by atoms with Gasteiger partial charge in [0, 0.05) is 33.4 Å². The highest BCUT2D eigenvalue weighted by atomic mass is 16.5. The zero-order chi connectivity index (χ0) is 15.3. The third-order valence-corrected chi connectivity index (χ3v) is 3.94. The largest absolute Gasteiger partial charge is 0.480 e. The maximum absolute atomic E-state index is 12.5. The van der Waals surface area contributed by atoms with Crippen LogP contribution in [0.2, 0.25) is 0 Å². The van der Waals surface area contributed by atoms with Crippen LogP contribution in [0.4, 0.5) is 4.79 Å². The second kappa shape index (κ2) is 6.92. The predicted octanol–water partition coefficient (Wildman–Crippen LogP) is 1.65. The summed E-state index contributed by atoms with van der Waals surface area (Å²) in [5, 5.41) is 9.27. The van der Waals surface area contributed by atoms with Crippen LogP contribution >= 0.6 is 0 Å². The van der Waals surface area contributed by atoms with Crippen molar-refractivity contribution < 1.29 is 19.4 Å². The van der Waals surface area contributed by atoms with Crippen LogP contribution in [0.1, 0.15) is 33.6 Å². The minimum Gasteiger partial charge on any atom is -0.480 e. The minimum absolute atomic E-state index is 0.230. The molecule has 1 rings (SSSR count). The maximum atomic E-state index is 12.5. The molecule has 6 heteroatoms. The number of aliphatic carboxylic acids is 1. The van der Waals surface area contributed by atoms with E-state index >= 15 is 0 Å². The van der Waals surface area contributed by atoms with Crippen LogP contribution in [0.3, 0.4) is 0 Å². The standard InChI is InChI=1S/C14H26N2O4/c1-5-16(14(2,3)12(17)18)13(19)15(4)10-11-6-8-20-9-7-11/h11H,5-10H2,1-4H3,(H,17,18). The Hall–Kier alpha value is -1.30. The minimum atomic E-state index is -1.20. The summed E-state index contributed by atoms with van der Waals surface area (Å²) in [5.41, 5.74) is -1.20. The Morgan fingerprint density at radius 2 is 1.85 bits per heavy atom. The highest BCUT2D eigenvalue weighted by Crippen LogP contribution is 2.19. The second-order valence-corrected chi connectivity index (χ2v) is 5.83. The van der Waals surface area contributed by atoms with Gasteiger partial charge in [0.05, 0.1) is 0 Å². The number of hydrogen-bond donors (Lipinski definition) is 1. The normalized spacial score (nSPS) is 16.8. The van der Waals surface area contributed by atoms with Gasteiger partial charge in [-0.05, 0) is 39.5 Å². The number of carboxylic acids is 1. The number of ether oxygens (including phenoxy) is 1. The van der Waals surface area contributed by atoms with Crippen LogP contribution in [0.25, 0.3) is 0 Å². The zero-order valence-corrected chi connectivity index (χ0v) is 12.9. The van der Waals surface area contributed by atoms with Crippen molar-refractivity contribution in [1.82, 2.24) is 9.80 Å². The van der Waals surface area contributed by atoms with Gasteiger partial charge in [-0.15, -0.1) is 0 Å². The van der Waals surface area contributed by atoms with E-state index < -0.39 is 11.5 Å². The maximum Gasteiger partial charge on any atom is 0.329 e. The lowest BCUT2D eigenvalue weighted by atomic mass is 9.99. The number of likely N-dealkylation sites (N-methyl/N-ethyl adjacent to an activating group) is 1. The fourth-order valence-corrected chi connectivity index (χ4v) is 2.49. The van der Waals surface area contributed by atoms with E-state index in [1.807, 2.05) is 0 Å². The van der Waals surface area contributed by atoms with Gasteiger partial charge in [0.2, 0.25) is 0 Å². The number of nitrogens with zero attached hydrogens (tertiary/aromatic N) is 2. The summed E-state index contributed by atoms with van der Waals surface area (Å²) in [6, 6.07) is -0.230. The SMILES string of the molecule is CCN(C(=O)N(C)CC1CCOCC1)C(C)(C)C(=O)O. The van der Waals surface area contributed by atoms with Crippen molar-refractivity contribution in [3.8, 4) is 0 Å². The van der Waals surface area contributed by atoms with Crippen LogP contribution in [0.5, 0.6) is 0 Å². The van der Waals surface area contributed by atoms with E-state index in [-0.39, 0.29) is 6.03 Å². The molecule has 0 spiro atoms. The van der Waals surface area contributed by atoms with Crippen molar-refractivity contribution in [3.63, 3.8) is 0 Å². The van der Waals surface area contributed by atoms with Crippen molar-refractivity contribution in [2.45, 2.75) is 39.2 Å². The summed E-state index contributed by atoms with van der Waals surface area (Å²) in [6.07, 6.45) is 1.90. The van der Waals surface area contributed by atoms with E-state index in [0.29, 0.717) is 19.0 Å². The van der Waals surface area contributed by atoms with E-state index in [9.17, 15) is 14.7 Å². The third-order valence-electron chi connectivity index (χ3n) is 3.94. The molecule has 0 bridgehead atoms. The molecule has 0 unspecified atom stereocenters. The number of rotatable bonds is 5. The number of hydrogen-bond acceptors (Lipinski definition) is 3. The van der Waals surface area contributed by atoms with Crippen LogP contribution in [-0.2, 0) is 9.53 Å². The monoisotopic (exact) mass is 286 g/mol. The molecule has 1 heterocycles. The molecule has 1 N–H and O–H groups in total. The average Bonchev–Trinajstić information content (AvgIpc) is 2.40. The Morgan fingerprint density at radius 1 is 1.30 bits per heavy atom. The quantitative estimate of drug-likeness (QED) is 0.834. The zero-order valence-electron chi connectivity index (χ0n) is 12.9. The molecule has 1 saturated heterocycles. The molecule has 0 aromatic carbocycles. The Bertz CT molecular complexity index is 351. The number of carbonyl (C=O) groups is 2. The molecule has 116 valence electrons. The summed E-state index contributed by atoms with van der Waals surface area (Å²) >= 11 is 0. The summed E-state index contributed by atoms with van der Waals surface area (Å²) < 4.78 is 5.30. The lowest BCUT2D eigenvalue weighted by molar-refractivity contribution is -0.147. The molecule has 0 aliphatic carbocycles. The van der Waals surface area contributed by atoms with Crippen molar-refractivity contribution in [2.24, 2.45) is 5.92 Å². The van der Waals surface area contributed by atoms with Crippen molar-refractivity contribution in [2.75, 3.05) is 33.4 Å². The lowest BCUT2D eigenvalue weighted by Gasteiger charge is -2.38. The Morgan fingerprint density at radius 3 is 2.30 bits per heavy atom. The molecule has 0 saturated carbocycles. The summed E-state index contributed by atoms with van der Waals surface area (Å²) in [7, 11) is 1.73. The molecule has 0 aromatic rings. The van der Waals surface area contributed by atoms with Crippen LogP contribution in [-0.4, -0.2) is 65.8 Å².